The molecule has 1 aliphatic heterocycles. The molecule has 0 bridgehead atoms. The number of nitrogens with one attached hydrogen (secondary N) is 1. The fourth-order valence-electron chi connectivity index (χ4n) is 2.64. The Morgan fingerprint density at radius 2 is 2.00 bits per heavy atom. The zero-order valence-electron chi connectivity index (χ0n) is 13.0. The van der Waals surface area contributed by atoms with Gasteiger partial charge in [-0.2, -0.15) is 13.2 Å². The van der Waals surface area contributed by atoms with Crippen molar-refractivity contribution >= 4 is 5.91 Å². The number of hydrogen-bond acceptors (Lipinski definition) is 3. The van der Waals surface area contributed by atoms with Crippen LogP contribution in [0, 0.1) is 0 Å². The molecule has 23 heavy (non-hydrogen) atoms. The van der Waals surface area contributed by atoms with E-state index in [0.29, 0.717) is 19.4 Å². The van der Waals surface area contributed by atoms with Gasteiger partial charge in [0, 0.05) is 13.0 Å². The lowest BCUT2D eigenvalue weighted by molar-refractivity contribution is -0.190. The number of rotatable bonds is 7. The molecule has 1 aromatic rings. The molecule has 1 atom stereocenters. The van der Waals surface area contributed by atoms with Crippen molar-refractivity contribution in [3.63, 3.8) is 0 Å². The Bertz CT molecular complexity index is 517. The van der Waals surface area contributed by atoms with Crippen molar-refractivity contribution in [1.29, 1.82) is 0 Å². The molecule has 1 unspecified atom stereocenters. The maximum atomic E-state index is 13.2. The summed E-state index contributed by atoms with van der Waals surface area (Å²) in [5.74, 6) is 0.398. The second-order valence-corrected chi connectivity index (χ2v) is 5.50. The van der Waals surface area contributed by atoms with E-state index in [-0.39, 0.29) is 25.3 Å². The monoisotopic (exact) mass is 330 g/mol. The highest BCUT2D eigenvalue weighted by atomic mass is 19.4. The van der Waals surface area contributed by atoms with Gasteiger partial charge in [0.2, 0.25) is 5.91 Å². The summed E-state index contributed by atoms with van der Waals surface area (Å²) in [5, 5.41) is 1.01. The van der Waals surface area contributed by atoms with E-state index in [2.05, 4.69) is 5.43 Å². The van der Waals surface area contributed by atoms with Crippen molar-refractivity contribution in [2.24, 2.45) is 0 Å². The normalized spacial score (nSPS) is 17.1. The highest BCUT2D eigenvalue weighted by Gasteiger charge is 2.45. The zero-order chi connectivity index (χ0) is 16.9. The van der Waals surface area contributed by atoms with E-state index in [1.807, 2.05) is 31.2 Å². The third-order valence-electron chi connectivity index (χ3n) is 3.78. The lowest BCUT2D eigenvalue weighted by Gasteiger charge is -2.28. The lowest BCUT2D eigenvalue weighted by Crippen LogP contribution is -2.49. The van der Waals surface area contributed by atoms with Gasteiger partial charge in [0.25, 0.3) is 0 Å². The fourth-order valence-corrected chi connectivity index (χ4v) is 2.64. The minimum atomic E-state index is -4.35. The van der Waals surface area contributed by atoms with Crippen LogP contribution in [0.1, 0.15) is 31.7 Å². The van der Waals surface area contributed by atoms with Crippen molar-refractivity contribution in [3.05, 3.63) is 29.8 Å². The van der Waals surface area contributed by atoms with E-state index in [9.17, 15) is 18.0 Å². The molecule has 1 aromatic carbocycles. The van der Waals surface area contributed by atoms with Crippen LogP contribution in [-0.2, 0) is 11.2 Å². The van der Waals surface area contributed by atoms with Crippen LogP contribution in [0.15, 0.2) is 24.3 Å². The van der Waals surface area contributed by atoms with Gasteiger partial charge >= 0.3 is 6.18 Å². The number of hydrogen-bond donors (Lipinski definition) is 1. The Balaban J connectivity index is 1.87. The van der Waals surface area contributed by atoms with Gasteiger partial charge in [-0.1, -0.05) is 12.1 Å². The topological polar surface area (TPSA) is 41.6 Å². The van der Waals surface area contributed by atoms with Gasteiger partial charge in [0.15, 0.2) is 0 Å². The summed E-state index contributed by atoms with van der Waals surface area (Å²) >= 11 is 0. The third-order valence-corrected chi connectivity index (χ3v) is 3.78. The van der Waals surface area contributed by atoms with Gasteiger partial charge in [-0.15, -0.1) is 0 Å². The molecule has 128 valence electrons. The minimum absolute atomic E-state index is 0.0447. The molecule has 2 rings (SSSR count). The molecule has 0 aromatic heterocycles. The summed E-state index contributed by atoms with van der Waals surface area (Å²) in [6.07, 6.45) is -3.33. The smallest absolute Gasteiger partial charge is 0.405 e. The second-order valence-electron chi connectivity index (χ2n) is 5.50. The fraction of sp³-hybridized carbons (Fsp3) is 0.562. The molecule has 1 N–H and O–H groups in total. The lowest BCUT2D eigenvalue weighted by atomic mass is 10.0. The van der Waals surface area contributed by atoms with E-state index in [0.717, 1.165) is 16.3 Å². The van der Waals surface area contributed by atoms with Crippen LogP contribution in [0.25, 0.3) is 0 Å². The SMILES string of the molecule is CCOc1ccc(CCCC(N2CCC(=O)N2)C(F)(F)F)cc1. The summed E-state index contributed by atoms with van der Waals surface area (Å²) in [4.78, 5) is 11.1. The first kappa shape index (κ1) is 17.6. The quantitative estimate of drug-likeness (QED) is 0.835. The van der Waals surface area contributed by atoms with Crippen LogP contribution in [-0.4, -0.2) is 36.3 Å². The number of benzene rings is 1. The number of ether oxygens (including phenoxy) is 1. The average molecular weight is 330 g/mol. The predicted molar refractivity (Wildman–Crippen MR) is 79.9 cm³/mol. The number of aryl methyl sites for hydroxylation is 1. The van der Waals surface area contributed by atoms with E-state index >= 15 is 0 Å². The van der Waals surface area contributed by atoms with Crippen molar-refractivity contribution in [2.45, 2.75) is 44.8 Å². The number of carbonyl (C=O) groups excluding carboxylic acids is 1. The van der Waals surface area contributed by atoms with E-state index < -0.39 is 12.2 Å². The van der Waals surface area contributed by atoms with Crippen LogP contribution >= 0.6 is 0 Å². The van der Waals surface area contributed by atoms with Gasteiger partial charge in [0.05, 0.1) is 6.61 Å². The van der Waals surface area contributed by atoms with Gasteiger partial charge in [0.1, 0.15) is 11.8 Å². The molecule has 1 fully saturated rings. The minimum Gasteiger partial charge on any atom is -0.494 e. The summed E-state index contributed by atoms with van der Waals surface area (Å²) in [6.45, 7) is 2.57. The van der Waals surface area contributed by atoms with Crippen LogP contribution in [0.3, 0.4) is 0 Å². The number of nitrogens with zero attached hydrogens (tertiary/aromatic N) is 1. The van der Waals surface area contributed by atoms with Crippen LogP contribution < -0.4 is 10.2 Å². The second kappa shape index (κ2) is 7.68. The molecule has 0 spiro atoms. The van der Waals surface area contributed by atoms with Crippen LogP contribution in [0.5, 0.6) is 5.75 Å². The first-order chi connectivity index (χ1) is 10.9. The summed E-state index contributed by atoms with van der Waals surface area (Å²) in [5.41, 5.74) is 3.26. The van der Waals surface area contributed by atoms with Crippen molar-refractivity contribution < 1.29 is 22.7 Å². The van der Waals surface area contributed by atoms with E-state index in [1.165, 1.54) is 0 Å². The number of halogens is 3. The Morgan fingerprint density at radius 3 is 2.52 bits per heavy atom. The standard InChI is InChI=1S/C16H21F3N2O2/c1-2-23-13-8-6-12(7-9-13)4-3-5-14(16(17,18)19)21-11-10-15(22)20-21/h6-9,14H,2-5,10-11H2,1H3,(H,20,22). The molecule has 1 amide bonds. The van der Waals surface area contributed by atoms with Gasteiger partial charge < -0.3 is 4.74 Å². The number of carbonyl (C=O) groups is 1. The summed E-state index contributed by atoms with van der Waals surface area (Å²) < 4.78 is 44.8. The van der Waals surface area contributed by atoms with Crippen molar-refractivity contribution in [1.82, 2.24) is 10.4 Å². The predicted octanol–water partition coefficient (Wildman–Crippen LogP) is 3.08. The molecular formula is C16H21F3N2O2. The number of hydrazine groups is 1. The molecule has 1 heterocycles. The largest absolute Gasteiger partial charge is 0.494 e. The van der Waals surface area contributed by atoms with Gasteiger partial charge in [-0.25, -0.2) is 5.01 Å². The molecule has 0 radical (unpaired) electrons. The van der Waals surface area contributed by atoms with Crippen molar-refractivity contribution in [2.75, 3.05) is 13.2 Å². The maximum Gasteiger partial charge on any atom is 0.405 e. The molecule has 7 heteroatoms. The first-order valence-corrected chi connectivity index (χ1v) is 7.74. The average Bonchev–Trinajstić information content (AvgIpc) is 2.90. The molecule has 0 saturated carbocycles. The van der Waals surface area contributed by atoms with Gasteiger partial charge in [-0.05, 0) is 43.9 Å². The number of amides is 1. The Kier molecular flexibility index (Phi) is 5.87. The maximum absolute atomic E-state index is 13.2. The Hall–Kier alpha value is -1.76. The Morgan fingerprint density at radius 1 is 1.30 bits per heavy atom. The highest BCUT2D eigenvalue weighted by molar-refractivity contribution is 5.77. The number of alkyl halides is 3. The Labute approximate surface area is 133 Å². The molecule has 4 nitrogen and oxygen atoms in total. The van der Waals surface area contributed by atoms with Gasteiger partial charge in [-0.3, -0.25) is 10.2 Å². The molecule has 0 aliphatic carbocycles. The highest BCUT2D eigenvalue weighted by Crippen LogP contribution is 2.29. The molecule has 1 saturated heterocycles. The summed E-state index contributed by atoms with van der Waals surface area (Å²) in [7, 11) is 0. The van der Waals surface area contributed by atoms with Crippen LogP contribution in [0.2, 0.25) is 0 Å². The molecule has 1 aliphatic rings. The summed E-state index contributed by atoms with van der Waals surface area (Å²) in [6, 6.07) is 5.74. The first-order valence-electron chi connectivity index (χ1n) is 7.74. The zero-order valence-corrected chi connectivity index (χ0v) is 13.0. The van der Waals surface area contributed by atoms with E-state index in [1.54, 1.807) is 0 Å². The van der Waals surface area contributed by atoms with Crippen molar-refractivity contribution in [3.8, 4) is 5.75 Å². The molecular weight excluding hydrogens is 309 g/mol. The van der Waals surface area contributed by atoms with Crippen LogP contribution in [0.4, 0.5) is 13.2 Å². The van der Waals surface area contributed by atoms with E-state index in [4.69, 9.17) is 4.74 Å². The third kappa shape index (κ3) is 5.13.